The van der Waals surface area contributed by atoms with Gasteiger partial charge >= 0.3 is 0 Å². The van der Waals surface area contributed by atoms with Crippen molar-refractivity contribution in [2.45, 2.75) is 45.2 Å². The normalized spacial score (nSPS) is 14.4. The highest BCUT2D eigenvalue weighted by Crippen LogP contribution is 2.40. The Labute approximate surface area is 124 Å². The molecule has 1 aliphatic carbocycles. The van der Waals surface area contributed by atoms with E-state index in [1.807, 2.05) is 30.8 Å². The van der Waals surface area contributed by atoms with E-state index in [0.29, 0.717) is 25.4 Å². The summed E-state index contributed by atoms with van der Waals surface area (Å²) in [5, 5.41) is 4.55. The van der Waals surface area contributed by atoms with Crippen LogP contribution in [0.2, 0.25) is 0 Å². The predicted octanol–water partition coefficient (Wildman–Crippen LogP) is 2.83. The molecule has 5 heteroatoms. The van der Waals surface area contributed by atoms with E-state index in [2.05, 4.69) is 11.2 Å². The first kappa shape index (κ1) is 13.9. The minimum Gasteiger partial charge on any atom is -0.467 e. The van der Waals surface area contributed by atoms with E-state index in [1.54, 1.807) is 11.2 Å². The summed E-state index contributed by atoms with van der Waals surface area (Å²) in [5.74, 6) is 1.58. The van der Waals surface area contributed by atoms with Crippen LogP contribution in [-0.4, -0.2) is 20.6 Å². The van der Waals surface area contributed by atoms with Crippen molar-refractivity contribution in [2.24, 2.45) is 7.05 Å². The lowest BCUT2D eigenvalue weighted by Crippen LogP contribution is -2.29. The Hall–Kier alpha value is -2.04. The molecule has 5 nitrogen and oxygen atoms in total. The Morgan fingerprint density at radius 1 is 1.48 bits per heavy atom. The van der Waals surface area contributed by atoms with Crippen LogP contribution in [0.25, 0.3) is 0 Å². The molecule has 1 saturated carbocycles. The number of hydrogen-bond donors (Lipinski definition) is 0. The van der Waals surface area contributed by atoms with Crippen molar-refractivity contribution >= 4 is 5.91 Å². The number of aryl methyl sites for hydroxylation is 1. The molecule has 0 bridgehead atoms. The number of carbonyl (C=O) groups is 1. The molecule has 0 radical (unpaired) electrons. The SMILES string of the molecule is CCC(=O)N(Cc1cc(C2CC2)n(C)n1)Cc1ccco1. The fraction of sp³-hybridized carbons (Fsp3) is 0.500. The van der Waals surface area contributed by atoms with Crippen LogP contribution in [0.4, 0.5) is 0 Å². The fourth-order valence-corrected chi connectivity index (χ4v) is 2.62. The van der Waals surface area contributed by atoms with Crippen molar-refractivity contribution in [3.8, 4) is 0 Å². The molecule has 0 spiro atoms. The van der Waals surface area contributed by atoms with Crippen molar-refractivity contribution in [1.82, 2.24) is 14.7 Å². The largest absolute Gasteiger partial charge is 0.467 e. The van der Waals surface area contributed by atoms with Crippen molar-refractivity contribution in [3.63, 3.8) is 0 Å². The summed E-state index contributed by atoms with van der Waals surface area (Å²) >= 11 is 0. The molecule has 0 saturated heterocycles. The highest BCUT2D eigenvalue weighted by Gasteiger charge is 2.27. The van der Waals surface area contributed by atoms with E-state index in [9.17, 15) is 4.79 Å². The third kappa shape index (κ3) is 3.17. The summed E-state index contributed by atoms with van der Waals surface area (Å²) in [7, 11) is 1.98. The maximum Gasteiger partial charge on any atom is 0.223 e. The van der Waals surface area contributed by atoms with Crippen molar-refractivity contribution in [1.29, 1.82) is 0 Å². The zero-order valence-corrected chi connectivity index (χ0v) is 12.6. The molecule has 2 heterocycles. The molecule has 0 unspecified atom stereocenters. The maximum absolute atomic E-state index is 12.1. The molecule has 1 aliphatic rings. The number of hydrogen-bond acceptors (Lipinski definition) is 3. The van der Waals surface area contributed by atoms with Gasteiger partial charge in [0.1, 0.15) is 5.76 Å². The fourth-order valence-electron chi connectivity index (χ4n) is 2.62. The van der Waals surface area contributed by atoms with Crippen LogP contribution in [0.1, 0.15) is 49.3 Å². The Bertz CT molecular complexity index is 612. The minimum absolute atomic E-state index is 0.116. The minimum atomic E-state index is 0.116. The van der Waals surface area contributed by atoms with E-state index in [0.717, 1.165) is 11.5 Å². The lowest BCUT2D eigenvalue weighted by Gasteiger charge is -2.19. The number of carbonyl (C=O) groups excluding carboxylic acids is 1. The van der Waals surface area contributed by atoms with Gasteiger partial charge in [-0.2, -0.15) is 5.10 Å². The van der Waals surface area contributed by atoms with Crippen LogP contribution in [-0.2, 0) is 24.9 Å². The summed E-state index contributed by atoms with van der Waals surface area (Å²) < 4.78 is 7.31. The quantitative estimate of drug-likeness (QED) is 0.821. The molecular weight excluding hydrogens is 266 g/mol. The average molecular weight is 287 g/mol. The lowest BCUT2D eigenvalue weighted by atomic mass is 10.2. The van der Waals surface area contributed by atoms with Crippen LogP contribution in [0.3, 0.4) is 0 Å². The number of aromatic nitrogens is 2. The summed E-state index contributed by atoms with van der Waals surface area (Å²) in [6.45, 7) is 2.91. The van der Waals surface area contributed by atoms with Crippen molar-refractivity contribution in [2.75, 3.05) is 0 Å². The molecule has 2 aromatic rings. The second-order valence-electron chi connectivity index (χ2n) is 5.64. The van der Waals surface area contributed by atoms with E-state index >= 15 is 0 Å². The van der Waals surface area contributed by atoms with E-state index < -0.39 is 0 Å². The second-order valence-corrected chi connectivity index (χ2v) is 5.64. The molecule has 0 aliphatic heterocycles. The van der Waals surface area contributed by atoms with Gasteiger partial charge in [0.25, 0.3) is 0 Å². The van der Waals surface area contributed by atoms with Gasteiger partial charge in [-0.25, -0.2) is 0 Å². The number of rotatable bonds is 6. The zero-order valence-electron chi connectivity index (χ0n) is 12.6. The third-order valence-electron chi connectivity index (χ3n) is 3.90. The molecule has 0 atom stereocenters. The Morgan fingerprint density at radius 3 is 2.90 bits per heavy atom. The Morgan fingerprint density at radius 2 is 2.29 bits per heavy atom. The standard InChI is InChI=1S/C16H21N3O2/c1-3-16(20)19(11-14-5-4-8-21-14)10-13-9-15(12-6-7-12)18(2)17-13/h4-5,8-9,12H,3,6-7,10-11H2,1-2H3. The van der Waals surface area contributed by atoms with Gasteiger partial charge in [-0.1, -0.05) is 6.92 Å². The molecular formula is C16H21N3O2. The molecule has 1 amide bonds. The highest BCUT2D eigenvalue weighted by molar-refractivity contribution is 5.75. The van der Waals surface area contributed by atoms with Crippen LogP contribution in [0, 0.1) is 0 Å². The second kappa shape index (κ2) is 5.76. The summed E-state index contributed by atoms with van der Waals surface area (Å²) in [4.78, 5) is 13.9. The molecule has 0 aromatic carbocycles. The molecule has 1 fully saturated rings. The molecule has 2 aromatic heterocycles. The number of nitrogens with zero attached hydrogens (tertiary/aromatic N) is 3. The van der Waals surface area contributed by atoms with Gasteiger partial charge in [0.2, 0.25) is 5.91 Å². The van der Waals surface area contributed by atoms with Gasteiger partial charge in [-0.3, -0.25) is 9.48 Å². The monoisotopic (exact) mass is 287 g/mol. The molecule has 112 valence electrons. The zero-order chi connectivity index (χ0) is 14.8. The van der Waals surface area contributed by atoms with E-state index in [-0.39, 0.29) is 5.91 Å². The summed E-state index contributed by atoms with van der Waals surface area (Å²) in [6, 6.07) is 5.87. The predicted molar refractivity (Wildman–Crippen MR) is 78.4 cm³/mol. The highest BCUT2D eigenvalue weighted by atomic mass is 16.3. The lowest BCUT2D eigenvalue weighted by molar-refractivity contribution is -0.132. The van der Waals surface area contributed by atoms with Crippen molar-refractivity contribution < 1.29 is 9.21 Å². The first-order valence-corrected chi connectivity index (χ1v) is 7.50. The third-order valence-corrected chi connectivity index (χ3v) is 3.90. The summed E-state index contributed by atoms with van der Waals surface area (Å²) in [6.07, 6.45) is 4.63. The first-order valence-electron chi connectivity index (χ1n) is 7.50. The smallest absolute Gasteiger partial charge is 0.223 e. The molecule has 0 N–H and O–H groups in total. The first-order chi connectivity index (χ1) is 10.2. The maximum atomic E-state index is 12.1. The number of furan rings is 1. The van der Waals surface area contributed by atoms with Crippen LogP contribution >= 0.6 is 0 Å². The van der Waals surface area contributed by atoms with Gasteiger partial charge in [0.05, 0.1) is 25.0 Å². The Kier molecular flexibility index (Phi) is 3.82. The van der Waals surface area contributed by atoms with Crippen LogP contribution in [0.5, 0.6) is 0 Å². The van der Waals surface area contributed by atoms with Crippen molar-refractivity contribution in [3.05, 3.63) is 41.6 Å². The molecule has 21 heavy (non-hydrogen) atoms. The van der Waals surface area contributed by atoms with Gasteiger partial charge in [-0.15, -0.1) is 0 Å². The van der Waals surface area contributed by atoms with Gasteiger partial charge < -0.3 is 9.32 Å². The van der Waals surface area contributed by atoms with Gasteiger partial charge in [0, 0.05) is 25.1 Å². The molecule has 3 rings (SSSR count). The van der Waals surface area contributed by atoms with E-state index in [4.69, 9.17) is 4.42 Å². The topological polar surface area (TPSA) is 51.3 Å². The van der Waals surface area contributed by atoms with Gasteiger partial charge in [0.15, 0.2) is 0 Å². The van der Waals surface area contributed by atoms with Gasteiger partial charge in [-0.05, 0) is 31.0 Å². The van der Waals surface area contributed by atoms with Crippen LogP contribution < -0.4 is 0 Å². The average Bonchev–Trinajstić information content (AvgIpc) is 3.06. The summed E-state index contributed by atoms with van der Waals surface area (Å²) in [5.41, 5.74) is 2.24. The van der Waals surface area contributed by atoms with Crippen LogP contribution in [0.15, 0.2) is 28.9 Å². The van der Waals surface area contributed by atoms with E-state index in [1.165, 1.54) is 18.5 Å². The number of amides is 1. The Balaban J connectivity index is 1.74.